The van der Waals surface area contributed by atoms with E-state index in [0.29, 0.717) is 43.2 Å². The van der Waals surface area contributed by atoms with Crippen molar-refractivity contribution in [3.63, 3.8) is 0 Å². The largest absolute Gasteiger partial charge is 0.440 e. The third kappa shape index (κ3) is 3.53. The van der Waals surface area contributed by atoms with Crippen LogP contribution in [0.3, 0.4) is 0 Å². The minimum Gasteiger partial charge on any atom is -0.440 e. The molecule has 4 nitrogen and oxygen atoms in total. The lowest BCUT2D eigenvalue weighted by Crippen LogP contribution is -2.36. The van der Waals surface area contributed by atoms with Gasteiger partial charge in [-0.3, -0.25) is 4.79 Å². The van der Waals surface area contributed by atoms with Crippen LogP contribution in [-0.2, 0) is 4.74 Å². The van der Waals surface area contributed by atoms with Gasteiger partial charge in [-0.05, 0) is 35.4 Å². The highest BCUT2D eigenvalue weighted by molar-refractivity contribution is 5.82. The number of halogens is 1. The summed E-state index contributed by atoms with van der Waals surface area (Å²) in [6, 6.07) is 13.3. The number of ether oxygens (including phenoxy) is 1. The summed E-state index contributed by atoms with van der Waals surface area (Å²) in [5, 5.41) is 0.556. The van der Waals surface area contributed by atoms with Crippen molar-refractivity contribution in [1.82, 2.24) is 0 Å². The highest BCUT2D eigenvalue weighted by atomic mass is 19.1. The molecule has 0 unspecified atom stereocenters. The number of benzene rings is 2. The van der Waals surface area contributed by atoms with E-state index in [1.807, 2.05) is 29.2 Å². The van der Waals surface area contributed by atoms with Crippen molar-refractivity contribution >= 4 is 29.0 Å². The van der Waals surface area contributed by atoms with Crippen molar-refractivity contribution < 1.29 is 13.5 Å². The van der Waals surface area contributed by atoms with Crippen molar-refractivity contribution in [3.05, 3.63) is 75.7 Å². The molecule has 0 aliphatic carbocycles. The first-order valence-corrected chi connectivity index (χ1v) is 8.53. The predicted molar refractivity (Wildman–Crippen MR) is 101 cm³/mol. The Balaban J connectivity index is 1.66. The summed E-state index contributed by atoms with van der Waals surface area (Å²) in [6.07, 6.45) is 3.80. The summed E-state index contributed by atoms with van der Waals surface area (Å²) in [5.74, 6) is 0.315. The zero-order valence-corrected chi connectivity index (χ0v) is 14.2. The van der Waals surface area contributed by atoms with Gasteiger partial charge in [0.05, 0.1) is 18.6 Å². The molecule has 2 heterocycles. The standard InChI is InChI=1S/C21H18FNO3/c22-17-6-3-15(4-7-17)1-2-16-5-8-18-19(24)14-21(26-20(18)13-16)23-9-11-25-12-10-23/h1-8,13-14H,9-12H2/b2-1+. The molecule has 1 aliphatic heterocycles. The van der Waals surface area contributed by atoms with E-state index >= 15 is 0 Å². The molecule has 1 aliphatic rings. The lowest BCUT2D eigenvalue weighted by Gasteiger charge is -2.27. The van der Waals surface area contributed by atoms with Crippen LogP contribution in [0.1, 0.15) is 11.1 Å². The number of anilines is 1. The van der Waals surface area contributed by atoms with Crippen LogP contribution in [0.2, 0.25) is 0 Å². The van der Waals surface area contributed by atoms with E-state index in [4.69, 9.17) is 9.15 Å². The molecule has 5 heteroatoms. The normalized spacial score (nSPS) is 15.0. The third-order valence-electron chi connectivity index (χ3n) is 4.40. The van der Waals surface area contributed by atoms with Crippen molar-refractivity contribution in [2.24, 2.45) is 0 Å². The first-order chi connectivity index (χ1) is 12.7. The van der Waals surface area contributed by atoms with E-state index in [2.05, 4.69) is 0 Å². The summed E-state index contributed by atoms with van der Waals surface area (Å²) >= 11 is 0. The molecule has 1 aromatic heterocycles. The molecule has 1 fully saturated rings. The summed E-state index contributed by atoms with van der Waals surface area (Å²) in [7, 11) is 0. The Kier molecular flexibility index (Phi) is 4.54. The molecule has 1 saturated heterocycles. The van der Waals surface area contributed by atoms with Crippen LogP contribution in [-0.4, -0.2) is 26.3 Å². The third-order valence-corrected chi connectivity index (χ3v) is 4.40. The second-order valence-electron chi connectivity index (χ2n) is 6.19. The maximum absolute atomic E-state index is 13.0. The Labute approximate surface area is 150 Å². The SMILES string of the molecule is O=c1cc(N2CCOCC2)oc2cc(/C=C/c3ccc(F)cc3)ccc12. The monoisotopic (exact) mass is 351 g/mol. The molecule has 0 spiro atoms. The highest BCUT2D eigenvalue weighted by Crippen LogP contribution is 2.22. The molecular weight excluding hydrogens is 333 g/mol. The van der Waals surface area contributed by atoms with Gasteiger partial charge < -0.3 is 14.1 Å². The van der Waals surface area contributed by atoms with Gasteiger partial charge in [0, 0.05) is 19.2 Å². The van der Waals surface area contributed by atoms with Gasteiger partial charge >= 0.3 is 0 Å². The Morgan fingerprint density at radius 3 is 2.38 bits per heavy atom. The topological polar surface area (TPSA) is 42.7 Å². The average Bonchev–Trinajstić information content (AvgIpc) is 2.68. The average molecular weight is 351 g/mol. The fourth-order valence-corrected chi connectivity index (χ4v) is 2.97. The van der Waals surface area contributed by atoms with Crippen LogP contribution in [0.25, 0.3) is 23.1 Å². The molecule has 4 rings (SSSR count). The van der Waals surface area contributed by atoms with E-state index in [1.165, 1.54) is 12.1 Å². The minimum atomic E-state index is -0.259. The van der Waals surface area contributed by atoms with Crippen molar-refractivity contribution in [2.75, 3.05) is 31.2 Å². The van der Waals surface area contributed by atoms with Gasteiger partial charge in [0.2, 0.25) is 0 Å². The van der Waals surface area contributed by atoms with Crippen LogP contribution < -0.4 is 10.3 Å². The molecule has 0 bridgehead atoms. The number of nitrogens with zero attached hydrogens (tertiary/aromatic N) is 1. The summed E-state index contributed by atoms with van der Waals surface area (Å²) < 4.78 is 24.3. The van der Waals surface area contributed by atoms with E-state index in [1.54, 1.807) is 24.3 Å². The number of rotatable bonds is 3. The second-order valence-corrected chi connectivity index (χ2v) is 6.19. The van der Waals surface area contributed by atoms with Crippen LogP contribution >= 0.6 is 0 Å². The van der Waals surface area contributed by atoms with Gasteiger partial charge in [-0.1, -0.05) is 30.4 Å². The number of morpholine rings is 1. The van der Waals surface area contributed by atoms with Crippen LogP contribution in [0.5, 0.6) is 0 Å². The number of hydrogen-bond acceptors (Lipinski definition) is 4. The summed E-state index contributed by atoms with van der Waals surface area (Å²) in [4.78, 5) is 14.4. The fraction of sp³-hybridized carbons (Fsp3) is 0.190. The zero-order chi connectivity index (χ0) is 17.9. The smallest absolute Gasteiger partial charge is 0.200 e. The van der Waals surface area contributed by atoms with Gasteiger partial charge in [0.25, 0.3) is 0 Å². The molecule has 0 N–H and O–H groups in total. The van der Waals surface area contributed by atoms with Crippen LogP contribution in [0.4, 0.5) is 10.3 Å². The minimum absolute atomic E-state index is 0.0539. The second kappa shape index (κ2) is 7.14. The quantitative estimate of drug-likeness (QED) is 0.671. The summed E-state index contributed by atoms with van der Waals surface area (Å²) in [5.41, 5.74) is 2.31. The number of hydrogen-bond donors (Lipinski definition) is 0. The maximum atomic E-state index is 13.0. The predicted octanol–water partition coefficient (Wildman–Crippen LogP) is 3.94. The Bertz CT molecular complexity index is 1000. The first kappa shape index (κ1) is 16.5. The Morgan fingerprint density at radius 2 is 1.62 bits per heavy atom. The van der Waals surface area contributed by atoms with Gasteiger partial charge in [-0.2, -0.15) is 0 Å². The maximum Gasteiger partial charge on any atom is 0.200 e. The van der Waals surface area contributed by atoms with E-state index in [-0.39, 0.29) is 11.2 Å². The molecule has 0 saturated carbocycles. The zero-order valence-electron chi connectivity index (χ0n) is 14.2. The lowest BCUT2D eigenvalue weighted by atomic mass is 10.1. The Hall–Kier alpha value is -2.92. The fourth-order valence-electron chi connectivity index (χ4n) is 2.97. The summed E-state index contributed by atoms with van der Waals surface area (Å²) in [6.45, 7) is 2.67. The van der Waals surface area contributed by atoms with Gasteiger partial charge in [0.15, 0.2) is 11.3 Å². The molecule has 2 aromatic carbocycles. The molecule has 0 atom stereocenters. The van der Waals surface area contributed by atoms with Gasteiger partial charge in [-0.15, -0.1) is 0 Å². The van der Waals surface area contributed by atoms with Gasteiger partial charge in [-0.25, -0.2) is 4.39 Å². The van der Waals surface area contributed by atoms with E-state index in [0.717, 1.165) is 11.1 Å². The molecule has 0 amide bonds. The molecule has 132 valence electrons. The van der Waals surface area contributed by atoms with Crippen molar-refractivity contribution in [1.29, 1.82) is 0 Å². The molecular formula is C21H18FNO3. The van der Waals surface area contributed by atoms with Crippen molar-refractivity contribution in [2.45, 2.75) is 0 Å². The van der Waals surface area contributed by atoms with Crippen molar-refractivity contribution in [3.8, 4) is 0 Å². The number of fused-ring (bicyclic) bond motifs is 1. The molecule has 26 heavy (non-hydrogen) atoms. The van der Waals surface area contributed by atoms with Crippen LogP contribution in [0.15, 0.2) is 57.7 Å². The van der Waals surface area contributed by atoms with Gasteiger partial charge in [0.1, 0.15) is 11.4 Å². The van der Waals surface area contributed by atoms with Crippen LogP contribution in [0, 0.1) is 5.82 Å². The highest BCUT2D eigenvalue weighted by Gasteiger charge is 2.15. The molecule has 3 aromatic rings. The van der Waals surface area contributed by atoms with E-state index < -0.39 is 0 Å². The first-order valence-electron chi connectivity index (χ1n) is 8.53. The van der Waals surface area contributed by atoms with E-state index in [9.17, 15) is 9.18 Å². The lowest BCUT2D eigenvalue weighted by molar-refractivity contribution is 0.121. The molecule has 0 radical (unpaired) electrons. The Morgan fingerprint density at radius 1 is 0.923 bits per heavy atom.